The van der Waals surface area contributed by atoms with Gasteiger partial charge in [-0.1, -0.05) is 12.1 Å². The largest absolute Gasteiger partial charge is 0.508 e. The standard InChI is InChI=1S/C17H12FNO4/c18-10-3-1-9(2-4-10)7-13-12-6-5-11(20)8-14(12)23-17(22)15(13)16(19)21/h1-6,8,20H,7H2,(H2,19,21). The lowest BCUT2D eigenvalue weighted by molar-refractivity contribution is 0.0996. The Balaban J connectivity index is 2.26. The Hall–Kier alpha value is -3.15. The maximum Gasteiger partial charge on any atom is 0.349 e. The van der Waals surface area contributed by atoms with Crippen LogP contribution in [0.1, 0.15) is 21.5 Å². The van der Waals surface area contributed by atoms with Crippen LogP contribution in [0, 0.1) is 5.82 Å². The summed E-state index contributed by atoms with van der Waals surface area (Å²) in [5.74, 6) is -1.35. The third-order valence-corrected chi connectivity index (χ3v) is 3.54. The van der Waals surface area contributed by atoms with Gasteiger partial charge in [-0.25, -0.2) is 9.18 Å². The van der Waals surface area contributed by atoms with Crippen molar-refractivity contribution >= 4 is 16.9 Å². The summed E-state index contributed by atoms with van der Waals surface area (Å²) < 4.78 is 18.1. The summed E-state index contributed by atoms with van der Waals surface area (Å²) in [7, 11) is 0. The molecule has 1 aromatic heterocycles. The second-order valence-electron chi connectivity index (χ2n) is 5.09. The quantitative estimate of drug-likeness (QED) is 0.726. The summed E-state index contributed by atoms with van der Waals surface area (Å²) >= 11 is 0. The zero-order valence-corrected chi connectivity index (χ0v) is 11.9. The number of benzene rings is 2. The number of phenolic OH excluding ortho intramolecular Hbond substituents is 1. The van der Waals surface area contributed by atoms with Gasteiger partial charge in [0.15, 0.2) is 0 Å². The van der Waals surface area contributed by atoms with Crippen LogP contribution < -0.4 is 11.4 Å². The molecule has 0 fully saturated rings. The molecule has 3 rings (SSSR count). The number of nitrogens with two attached hydrogens (primary N) is 1. The number of phenols is 1. The molecule has 3 N–H and O–H groups in total. The first-order chi connectivity index (χ1) is 11.0. The van der Waals surface area contributed by atoms with E-state index in [1.807, 2.05) is 0 Å². The number of fused-ring (bicyclic) bond motifs is 1. The number of hydrogen-bond donors (Lipinski definition) is 2. The first-order valence-electron chi connectivity index (χ1n) is 6.78. The second-order valence-corrected chi connectivity index (χ2v) is 5.09. The van der Waals surface area contributed by atoms with E-state index in [0.29, 0.717) is 16.5 Å². The molecule has 5 nitrogen and oxygen atoms in total. The van der Waals surface area contributed by atoms with Gasteiger partial charge in [0.2, 0.25) is 0 Å². The lowest BCUT2D eigenvalue weighted by atomic mass is 9.97. The maximum atomic E-state index is 13.0. The van der Waals surface area contributed by atoms with Crippen LogP contribution in [0.15, 0.2) is 51.7 Å². The Labute approximate surface area is 129 Å². The van der Waals surface area contributed by atoms with E-state index in [4.69, 9.17) is 10.2 Å². The molecule has 116 valence electrons. The highest BCUT2D eigenvalue weighted by Crippen LogP contribution is 2.26. The van der Waals surface area contributed by atoms with Crippen LogP contribution in [0.5, 0.6) is 5.75 Å². The second kappa shape index (κ2) is 5.57. The Morgan fingerprint density at radius 3 is 2.52 bits per heavy atom. The van der Waals surface area contributed by atoms with Gasteiger partial charge in [-0.05, 0) is 41.8 Å². The number of hydrogen-bond acceptors (Lipinski definition) is 4. The summed E-state index contributed by atoms with van der Waals surface area (Å²) in [4.78, 5) is 23.7. The number of carbonyl (C=O) groups excluding carboxylic acids is 1. The van der Waals surface area contributed by atoms with Crippen LogP contribution in [0.4, 0.5) is 4.39 Å². The van der Waals surface area contributed by atoms with Gasteiger partial charge >= 0.3 is 5.63 Å². The minimum absolute atomic E-state index is 0.0693. The predicted octanol–water partition coefficient (Wildman–Crippen LogP) is 2.33. The zero-order chi connectivity index (χ0) is 16.6. The zero-order valence-electron chi connectivity index (χ0n) is 11.9. The Morgan fingerprint density at radius 2 is 1.87 bits per heavy atom. The fourth-order valence-electron chi connectivity index (χ4n) is 2.49. The molecule has 1 amide bonds. The highest BCUT2D eigenvalue weighted by Gasteiger charge is 2.19. The van der Waals surface area contributed by atoms with E-state index < -0.39 is 11.5 Å². The Kier molecular flexibility index (Phi) is 3.57. The van der Waals surface area contributed by atoms with Crippen molar-refractivity contribution in [2.24, 2.45) is 5.73 Å². The summed E-state index contributed by atoms with van der Waals surface area (Å²) in [5, 5.41) is 10.0. The van der Waals surface area contributed by atoms with Crippen LogP contribution in [-0.2, 0) is 6.42 Å². The van der Waals surface area contributed by atoms with E-state index in [1.54, 1.807) is 18.2 Å². The van der Waals surface area contributed by atoms with Crippen LogP contribution in [-0.4, -0.2) is 11.0 Å². The monoisotopic (exact) mass is 313 g/mol. The molecule has 23 heavy (non-hydrogen) atoms. The predicted molar refractivity (Wildman–Crippen MR) is 81.9 cm³/mol. The molecule has 0 bridgehead atoms. The number of amides is 1. The number of primary amides is 1. The van der Waals surface area contributed by atoms with Crippen LogP contribution in [0.3, 0.4) is 0 Å². The van der Waals surface area contributed by atoms with Crippen LogP contribution in [0.25, 0.3) is 11.0 Å². The average Bonchev–Trinajstić information content (AvgIpc) is 2.48. The molecule has 2 aromatic carbocycles. The highest BCUT2D eigenvalue weighted by atomic mass is 19.1. The fraction of sp³-hybridized carbons (Fsp3) is 0.0588. The molecule has 6 heteroatoms. The van der Waals surface area contributed by atoms with Crippen molar-refractivity contribution in [3.05, 3.63) is 75.4 Å². The number of carbonyl (C=O) groups is 1. The van der Waals surface area contributed by atoms with Gasteiger partial charge in [-0.2, -0.15) is 0 Å². The first-order valence-corrected chi connectivity index (χ1v) is 6.78. The van der Waals surface area contributed by atoms with Crippen LogP contribution >= 0.6 is 0 Å². The molecule has 0 spiro atoms. The summed E-state index contributed by atoms with van der Waals surface area (Å²) in [6.07, 6.45) is 0.200. The number of rotatable bonds is 3. The minimum Gasteiger partial charge on any atom is -0.508 e. The van der Waals surface area contributed by atoms with E-state index in [1.165, 1.54) is 24.3 Å². The summed E-state index contributed by atoms with van der Waals surface area (Å²) in [5.41, 5.74) is 5.43. The average molecular weight is 313 g/mol. The topological polar surface area (TPSA) is 93.5 Å². The molecule has 1 heterocycles. The summed E-state index contributed by atoms with van der Waals surface area (Å²) in [6.45, 7) is 0. The Morgan fingerprint density at radius 1 is 1.17 bits per heavy atom. The lowest BCUT2D eigenvalue weighted by Crippen LogP contribution is -2.24. The molecule has 0 aliphatic rings. The summed E-state index contributed by atoms with van der Waals surface area (Å²) in [6, 6.07) is 9.94. The van der Waals surface area contributed by atoms with Crippen molar-refractivity contribution in [1.29, 1.82) is 0 Å². The number of aromatic hydroxyl groups is 1. The van der Waals surface area contributed by atoms with E-state index in [0.717, 1.165) is 0 Å². The smallest absolute Gasteiger partial charge is 0.349 e. The molecule has 0 saturated carbocycles. The van der Waals surface area contributed by atoms with Crippen molar-refractivity contribution in [3.63, 3.8) is 0 Å². The van der Waals surface area contributed by atoms with Crippen molar-refractivity contribution in [2.75, 3.05) is 0 Å². The lowest BCUT2D eigenvalue weighted by Gasteiger charge is -2.10. The molecule has 3 aromatic rings. The molecule has 0 aliphatic heterocycles. The van der Waals surface area contributed by atoms with Crippen molar-refractivity contribution in [3.8, 4) is 5.75 Å². The maximum absolute atomic E-state index is 13.0. The van der Waals surface area contributed by atoms with Crippen molar-refractivity contribution < 1.29 is 18.7 Å². The normalized spacial score (nSPS) is 10.8. The molecular formula is C17H12FNO4. The van der Waals surface area contributed by atoms with Gasteiger partial charge in [0, 0.05) is 11.5 Å². The van der Waals surface area contributed by atoms with Gasteiger partial charge in [-0.3, -0.25) is 4.79 Å². The van der Waals surface area contributed by atoms with E-state index in [-0.39, 0.29) is 29.1 Å². The SMILES string of the molecule is NC(=O)c1c(Cc2ccc(F)cc2)c2ccc(O)cc2oc1=O. The van der Waals surface area contributed by atoms with Gasteiger partial charge < -0.3 is 15.3 Å². The van der Waals surface area contributed by atoms with E-state index in [9.17, 15) is 19.1 Å². The third-order valence-electron chi connectivity index (χ3n) is 3.54. The molecular weight excluding hydrogens is 301 g/mol. The van der Waals surface area contributed by atoms with Crippen molar-refractivity contribution in [2.45, 2.75) is 6.42 Å². The molecule has 0 saturated heterocycles. The van der Waals surface area contributed by atoms with Gasteiger partial charge in [0.05, 0.1) is 0 Å². The number of halogens is 1. The van der Waals surface area contributed by atoms with Gasteiger partial charge in [-0.15, -0.1) is 0 Å². The minimum atomic E-state index is -0.897. The Bertz CT molecular complexity index is 961. The van der Waals surface area contributed by atoms with Crippen LogP contribution in [0.2, 0.25) is 0 Å². The fourth-order valence-corrected chi connectivity index (χ4v) is 2.49. The van der Waals surface area contributed by atoms with Crippen molar-refractivity contribution in [1.82, 2.24) is 0 Å². The molecule has 0 aliphatic carbocycles. The molecule has 0 atom stereocenters. The van der Waals surface area contributed by atoms with Gasteiger partial charge in [0.25, 0.3) is 5.91 Å². The van der Waals surface area contributed by atoms with E-state index in [2.05, 4.69) is 0 Å². The molecule has 0 radical (unpaired) electrons. The first kappa shape index (κ1) is 14.8. The highest BCUT2D eigenvalue weighted by molar-refractivity contribution is 5.98. The van der Waals surface area contributed by atoms with Gasteiger partial charge in [0.1, 0.15) is 22.7 Å². The van der Waals surface area contributed by atoms with E-state index >= 15 is 0 Å². The molecule has 0 unspecified atom stereocenters. The third kappa shape index (κ3) is 2.78.